The molecule has 0 bridgehead atoms. The van der Waals surface area contributed by atoms with Gasteiger partial charge in [0.15, 0.2) is 0 Å². The second-order valence-corrected chi connectivity index (χ2v) is 7.50. The Kier molecular flexibility index (Phi) is 4.57. The van der Waals surface area contributed by atoms with E-state index in [1.807, 2.05) is 6.92 Å². The molecule has 3 atom stereocenters. The number of benzene rings is 1. The fourth-order valence-corrected chi connectivity index (χ4v) is 4.35. The highest BCUT2D eigenvalue weighted by Crippen LogP contribution is 2.34. The summed E-state index contributed by atoms with van der Waals surface area (Å²) in [6.07, 6.45) is 4.10. The van der Waals surface area contributed by atoms with Crippen LogP contribution in [0.3, 0.4) is 0 Å². The van der Waals surface area contributed by atoms with E-state index in [1.54, 1.807) is 0 Å². The van der Waals surface area contributed by atoms with Crippen molar-refractivity contribution >= 4 is 21.6 Å². The molecule has 4 heteroatoms. The molecule has 2 aliphatic rings. The summed E-state index contributed by atoms with van der Waals surface area (Å²) in [7, 11) is 0. The van der Waals surface area contributed by atoms with Gasteiger partial charge in [0.05, 0.1) is 5.69 Å². The molecule has 2 unspecified atom stereocenters. The Morgan fingerprint density at radius 3 is 2.81 bits per heavy atom. The van der Waals surface area contributed by atoms with E-state index >= 15 is 0 Å². The Hall–Kier alpha value is -0.580. The molecule has 3 rings (SSSR count). The Labute approximate surface area is 136 Å². The Balaban J connectivity index is 1.82. The highest BCUT2D eigenvalue weighted by Gasteiger charge is 2.33. The number of fused-ring (bicyclic) bond motifs is 1. The minimum Gasteiger partial charge on any atom is -0.365 e. The van der Waals surface area contributed by atoms with E-state index in [0.717, 1.165) is 12.6 Å². The molecular formula is C17H26BrN3. The summed E-state index contributed by atoms with van der Waals surface area (Å²) in [6, 6.07) is 7.97. The van der Waals surface area contributed by atoms with Gasteiger partial charge in [-0.3, -0.25) is 4.90 Å². The van der Waals surface area contributed by atoms with Crippen LogP contribution in [-0.4, -0.2) is 36.6 Å². The molecule has 2 fully saturated rings. The lowest BCUT2D eigenvalue weighted by atomic mass is 9.96. The molecule has 116 valence electrons. The average molecular weight is 352 g/mol. The Morgan fingerprint density at radius 1 is 1.29 bits per heavy atom. The maximum absolute atomic E-state index is 5.98. The largest absolute Gasteiger partial charge is 0.365 e. The molecule has 21 heavy (non-hydrogen) atoms. The van der Waals surface area contributed by atoms with Gasteiger partial charge in [-0.25, -0.2) is 0 Å². The van der Waals surface area contributed by atoms with E-state index in [9.17, 15) is 0 Å². The summed E-state index contributed by atoms with van der Waals surface area (Å²) in [4.78, 5) is 5.26. The third-order valence-corrected chi connectivity index (χ3v) is 5.63. The molecule has 0 amide bonds. The zero-order valence-corrected chi connectivity index (χ0v) is 14.6. The highest BCUT2D eigenvalue weighted by molar-refractivity contribution is 9.10. The molecule has 0 spiro atoms. The Morgan fingerprint density at radius 2 is 2.10 bits per heavy atom. The van der Waals surface area contributed by atoms with E-state index in [-0.39, 0.29) is 6.04 Å². The number of piperazine rings is 1. The lowest BCUT2D eigenvalue weighted by Crippen LogP contribution is -2.58. The molecule has 0 aromatic heterocycles. The smallest absolute Gasteiger partial charge is 0.0514 e. The SMILES string of the molecule is CC1CN2CCCCC2CN1c1ccc([C@H](C)N)cc1Br. The van der Waals surface area contributed by atoms with Gasteiger partial charge in [0.2, 0.25) is 0 Å². The molecular weight excluding hydrogens is 326 g/mol. The second-order valence-electron chi connectivity index (χ2n) is 6.65. The van der Waals surface area contributed by atoms with Crippen LogP contribution in [0.15, 0.2) is 22.7 Å². The topological polar surface area (TPSA) is 32.5 Å². The number of halogens is 1. The molecule has 3 nitrogen and oxygen atoms in total. The maximum Gasteiger partial charge on any atom is 0.0514 e. The first kappa shape index (κ1) is 15.3. The van der Waals surface area contributed by atoms with Gasteiger partial charge < -0.3 is 10.6 Å². The lowest BCUT2D eigenvalue weighted by Gasteiger charge is -2.48. The van der Waals surface area contributed by atoms with E-state index in [2.05, 4.69) is 50.9 Å². The minimum atomic E-state index is 0.0861. The van der Waals surface area contributed by atoms with Gasteiger partial charge in [0, 0.05) is 35.7 Å². The van der Waals surface area contributed by atoms with Gasteiger partial charge >= 0.3 is 0 Å². The average Bonchev–Trinajstić information content (AvgIpc) is 2.46. The predicted molar refractivity (Wildman–Crippen MR) is 92.8 cm³/mol. The molecule has 2 saturated heterocycles. The number of hydrogen-bond donors (Lipinski definition) is 1. The predicted octanol–water partition coefficient (Wildman–Crippen LogP) is 3.53. The monoisotopic (exact) mass is 351 g/mol. The van der Waals surface area contributed by atoms with Gasteiger partial charge in [0.1, 0.15) is 0 Å². The summed E-state index contributed by atoms with van der Waals surface area (Å²) in [5.41, 5.74) is 8.49. The van der Waals surface area contributed by atoms with Crippen molar-refractivity contribution in [2.45, 2.75) is 51.2 Å². The third-order valence-electron chi connectivity index (χ3n) is 4.99. The molecule has 2 aliphatic heterocycles. The normalized spacial score (nSPS) is 28.3. The van der Waals surface area contributed by atoms with Crippen LogP contribution in [-0.2, 0) is 0 Å². The van der Waals surface area contributed by atoms with Crippen molar-refractivity contribution in [2.24, 2.45) is 5.73 Å². The summed E-state index contributed by atoms with van der Waals surface area (Å²) in [5, 5.41) is 0. The highest BCUT2D eigenvalue weighted by atomic mass is 79.9. The lowest BCUT2D eigenvalue weighted by molar-refractivity contribution is 0.115. The van der Waals surface area contributed by atoms with Gasteiger partial charge in [-0.15, -0.1) is 0 Å². The van der Waals surface area contributed by atoms with E-state index in [4.69, 9.17) is 5.73 Å². The molecule has 0 aliphatic carbocycles. The van der Waals surface area contributed by atoms with Gasteiger partial charge in [-0.2, -0.15) is 0 Å². The standard InChI is InChI=1S/C17H26BrN3/c1-12-10-20-8-4-3-5-15(20)11-21(12)17-7-6-14(13(2)19)9-16(17)18/h6-7,9,12-13,15H,3-5,8,10-11,19H2,1-2H3/t12?,13-,15?/m0/s1. The Bertz CT molecular complexity index is 503. The first-order valence-corrected chi connectivity index (χ1v) is 8.91. The van der Waals surface area contributed by atoms with Gasteiger partial charge in [-0.1, -0.05) is 12.5 Å². The summed E-state index contributed by atoms with van der Waals surface area (Å²) in [6.45, 7) is 8.00. The van der Waals surface area contributed by atoms with Crippen molar-refractivity contribution in [3.05, 3.63) is 28.2 Å². The quantitative estimate of drug-likeness (QED) is 0.884. The number of anilines is 1. The number of nitrogens with two attached hydrogens (primary N) is 1. The molecule has 2 N–H and O–H groups in total. The van der Waals surface area contributed by atoms with Crippen LogP contribution in [0.5, 0.6) is 0 Å². The number of hydrogen-bond acceptors (Lipinski definition) is 3. The number of rotatable bonds is 2. The van der Waals surface area contributed by atoms with Crippen LogP contribution >= 0.6 is 15.9 Å². The van der Waals surface area contributed by atoms with Crippen LogP contribution in [0.25, 0.3) is 0 Å². The van der Waals surface area contributed by atoms with Gasteiger partial charge in [0.25, 0.3) is 0 Å². The van der Waals surface area contributed by atoms with Crippen molar-refractivity contribution in [3.63, 3.8) is 0 Å². The molecule has 0 saturated carbocycles. The van der Waals surface area contributed by atoms with E-state index < -0.39 is 0 Å². The fraction of sp³-hybridized carbons (Fsp3) is 0.647. The second kappa shape index (κ2) is 6.27. The zero-order valence-electron chi connectivity index (χ0n) is 13.1. The van der Waals surface area contributed by atoms with Crippen molar-refractivity contribution in [1.29, 1.82) is 0 Å². The number of nitrogens with zero attached hydrogens (tertiary/aromatic N) is 2. The van der Waals surface area contributed by atoms with Crippen LogP contribution in [0.1, 0.15) is 44.7 Å². The first-order valence-electron chi connectivity index (χ1n) is 8.12. The summed E-state index contributed by atoms with van der Waals surface area (Å²) < 4.78 is 1.17. The molecule has 1 aromatic rings. The van der Waals surface area contributed by atoms with Crippen LogP contribution in [0.2, 0.25) is 0 Å². The van der Waals surface area contributed by atoms with Crippen molar-refractivity contribution in [2.75, 3.05) is 24.5 Å². The van der Waals surface area contributed by atoms with Gasteiger partial charge in [-0.05, 0) is 66.9 Å². The fourth-order valence-electron chi connectivity index (χ4n) is 3.73. The van der Waals surface area contributed by atoms with Crippen molar-refractivity contribution in [3.8, 4) is 0 Å². The molecule has 1 aromatic carbocycles. The zero-order chi connectivity index (χ0) is 15.0. The molecule has 0 radical (unpaired) electrons. The third kappa shape index (κ3) is 3.13. The number of piperidine rings is 1. The van der Waals surface area contributed by atoms with Crippen LogP contribution < -0.4 is 10.6 Å². The molecule has 2 heterocycles. The van der Waals surface area contributed by atoms with Crippen LogP contribution in [0.4, 0.5) is 5.69 Å². The minimum absolute atomic E-state index is 0.0861. The van der Waals surface area contributed by atoms with E-state index in [0.29, 0.717) is 6.04 Å². The first-order chi connectivity index (χ1) is 10.1. The summed E-state index contributed by atoms with van der Waals surface area (Å²) >= 11 is 3.76. The summed E-state index contributed by atoms with van der Waals surface area (Å²) in [5.74, 6) is 0. The van der Waals surface area contributed by atoms with Crippen LogP contribution in [0, 0.1) is 0 Å². The van der Waals surface area contributed by atoms with Crippen molar-refractivity contribution in [1.82, 2.24) is 4.90 Å². The maximum atomic E-state index is 5.98. The van der Waals surface area contributed by atoms with E-state index in [1.165, 1.54) is 48.1 Å². The van der Waals surface area contributed by atoms with Crippen molar-refractivity contribution < 1.29 is 0 Å².